The molecule has 0 aliphatic carbocycles. The van der Waals surface area contributed by atoms with Gasteiger partial charge in [0.1, 0.15) is 16.4 Å². The summed E-state index contributed by atoms with van der Waals surface area (Å²) in [7, 11) is -8.32. The number of phenolic OH excluding ortho intramolecular Hbond substituents is 2. The van der Waals surface area contributed by atoms with Gasteiger partial charge < -0.3 is 15.3 Å². The van der Waals surface area contributed by atoms with Crippen LogP contribution in [0.3, 0.4) is 0 Å². The third-order valence-electron chi connectivity index (χ3n) is 6.96. The minimum absolute atomic E-state index is 0.0301. The van der Waals surface area contributed by atoms with Gasteiger partial charge in [-0.2, -0.15) is 0 Å². The molecule has 4 aromatic rings. The smallest absolute Gasteiger partial charge is 0.211 e. The summed E-state index contributed by atoms with van der Waals surface area (Å²) in [5.41, 5.74) is 0.451. The van der Waals surface area contributed by atoms with Crippen LogP contribution in [0, 0.1) is 0 Å². The summed E-state index contributed by atoms with van der Waals surface area (Å²) in [4.78, 5) is 11.9. The third-order valence-corrected chi connectivity index (χ3v) is 10.7. The molecule has 0 bridgehead atoms. The van der Waals surface area contributed by atoms with E-state index in [-0.39, 0.29) is 32.4 Å². The second kappa shape index (κ2) is 8.67. The van der Waals surface area contributed by atoms with Crippen molar-refractivity contribution in [2.24, 2.45) is 0 Å². The molecule has 2 aliphatic rings. The summed E-state index contributed by atoms with van der Waals surface area (Å²) >= 11 is 0. The molecule has 2 heterocycles. The molecule has 2 N–H and O–H groups in total. The molecule has 0 saturated heterocycles. The Kier molecular flexibility index (Phi) is 5.55. The van der Waals surface area contributed by atoms with E-state index in [1.165, 1.54) is 60.7 Å². The van der Waals surface area contributed by atoms with Crippen LogP contribution in [-0.2, 0) is 19.7 Å². The molecule has 0 radical (unpaired) electrons. The lowest BCUT2D eigenvalue weighted by Gasteiger charge is -2.10. The summed E-state index contributed by atoms with van der Waals surface area (Å²) in [6, 6.07) is 14.3. The van der Waals surface area contributed by atoms with Crippen LogP contribution in [0.1, 0.15) is 22.8 Å². The molecule has 0 unspecified atom stereocenters. The van der Waals surface area contributed by atoms with E-state index in [4.69, 9.17) is 0 Å². The summed E-state index contributed by atoms with van der Waals surface area (Å²) in [6.45, 7) is 1.57. The van der Waals surface area contributed by atoms with Crippen molar-refractivity contribution in [3.8, 4) is 11.5 Å². The van der Waals surface area contributed by atoms with Gasteiger partial charge >= 0.3 is 0 Å². The Bertz CT molecular complexity index is 2180. The number of allylic oxidation sites excluding steroid dienone is 6. The number of carbonyl (C=O) groups excluding carboxylic acids is 1. The SMILES string of the molecule is CC(/C=C/C1=C([O-])c2ccc3cc(O)ccc3c2S1(=O)=O)=C\C=C1\C(=O)c2ccc3cc(O)ccc3c2S1(=O)=O. The minimum atomic E-state index is -4.16. The molecule has 0 fully saturated rings. The van der Waals surface area contributed by atoms with Crippen LogP contribution in [-0.4, -0.2) is 32.8 Å². The van der Waals surface area contributed by atoms with Crippen molar-refractivity contribution in [3.63, 3.8) is 0 Å². The average Bonchev–Trinajstić information content (AvgIpc) is 3.22. The van der Waals surface area contributed by atoms with Crippen molar-refractivity contribution < 1.29 is 36.9 Å². The van der Waals surface area contributed by atoms with Crippen LogP contribution in [0.15, 0.2) is 110 Å². The first-order valence-electron chi connectivity index (χ1n) is 12.0. The van der Waals surface area contributed by atoms with Gasteiger partial charge in [-0.05, 0) is 77.9 Å². The van der Waals surface area contributed by atoms with E-state index in [0.717, 1.165) is 12.2 Å². The molecular weight excluding hydrogens is 552 g/mol. The Morgan fingerprint density at radius 3 is 1.93 bits per heavy atom. The van der Waals surface area contributed by atoms with Gasteiger partial charge in [-0.1, -0.05) is 41.7 Å². The number of carbonyl (C=O) groups is 1. The van der Waals surface area contributed by atoms with Crippen LogP contribution >= 0.6 is 0 Å². The van der Waals surface area contributed by atoms with E-state index in [1.807, 2.05) is 0 Å². The van der Waals surface area contributed by atoms with Crippen LogP contribution in [0.5, 0.6) is 11.5 Å². The van der Waals surface area contributed by atoms with E-state index in [1.54, 1.807) is 19.1 Å². The first-order valence-corrected chi connectivity index (χ1v) is 14.9. The monoisotopic (exact) mass is 571 g/mol. The summed E-state index contributed by atoms with van der Waals surface area (Å²) in [6.07, 6.45) is 5.04. The molecule has 0 spiro atoms. The van der Waals surface area contributed by atoms with Gasteiger partial charge in [-0.3, -0.25) is 4.79 Å². The first kappa shape index (κ1) is 25.6. The van der Waals surface area contributed by atoms with Crippen molar-refractivity contribution in [2.75, 3.05) is 0 Å². The zero-order valence-corrected chi connectivity index (χ0v) is 22.4. The van der Waals surface area contributed by atoms with Gasteiger partial charge in [-0.25, -0.2) is 16.8 Å². The Hall–Kier alpha value is -4.67. The Morgan fingerprint density at radius 1 is 0.775 bits per heavy atom. The molecule has 0 aromatic heterocycles. The van der Waals surface area contributed by atoms with Crippen molar-refractivity contribution in [1.82, 2.24) is 0 Å². The van der Waals surface area contributed by atoms with Gasteiger partial charge in [-0.15, -0.1) is 0 Å². The fourth-order valence-corrected chi connectivity index (χ4v) is 8.54. The number of fused-ring (bicyclic) bond motifs is 6. The van der Waals surface area contributed by atoms with Crippen molar-refractivity contribution in [3.05, 3.63) is 111 Å². The van der Waals surface area contributed by atoms with E-state index >= 15 is 0 Å². The number of ketones is 1. The van der Waals surface area contributed by atoms with Crippen LogP contribution in [0.2, 0.25) is 0 Å². The minimum Gasteiger partial charge on any atom is -0.871 e. The molecule has 0 amide bonds. The van der Waals surface area contributed by atoms with Crippen molar-refractivity contribution in [2.45, 2.75) is 16.7 Å². The number of Topliss-reactive ketones (excluding diaryl/α,β-unsaturated/α-hetero) is 1. The standard InChI is InChI=1S/C30H20O8S2/c1-16(2-12-25-27(33)23-8-4-17-14-19(31)6-10-21(17)29(23)39(25,35)36)3-13-26-28(34)24-9-5-18-15-20(32)7-11-22(18)30(24)40(26,37)38/h2-15,31-33H,1H3/p-1/b12-2+,16-3+,26-13-. The van der Waals surface area contributed by atoms with Gasteiger partial charge in [0.25, 0.3) is 0 Å². The maximum absolute atomic E-state index is 13.3. The summed E-state index contributed by atoms with van der Waals surface area (Å²) in [5, 5.41) is 34.0. The highest BCUT2D eigenvalue weighted by Gasteiger charge is 2.40. The van der Waals surface area contributed by atoms with E-state index in [0.29, 0.717) is 27.1 Å². The van der Waals surface area contributed by atoms with Crippen LogP contribution in [0.4, 0.5) is 0 Å². The Morgan fingerprint density at radius 2 is 1.32 bits per heavy atom. The number of rotatable bonds is 3. The average molecular weight is 572 g/mol. The van der Waals surface area contributed by atoms with Gasteiger partial charge in [0.15, 0.2) is 0 Å². The zero-order chi connectivity index (χ0) is 28.6. The molecule has 0 atom stereocenters. The number of hydrogen-bond acceptors (Lipinski definition) is 8. The number of phenols is 2. The molecule has 200 valence electrons. The second-order valence-corrected chi connectivity index (χ2v) is 13.2. The maximum atomic E-state index is 13.3. The number of hydrogen-bond donors (Lipinski definition) is 2. The van der Waals surface area contributed by atoms with Crippen LogP contribution in [0.25, 0.3) is 27.3 Å². The van der Waals surface area contributed by atoms with Crippen molar-refractivity contribution >= 4 is 52.8 Å². The lowest BCUT2D eigenvalue weighted by Crippen LogP contribution is -2.03. The molecule has 2 aliphatic heterocycles. The number of benzene rings is 4. The normalized spacial score (nSPS) is 18.8. The zero-order valence-electron chi connectivity index (χ0n) is 20.7. The fraction of sp³-hybridized carbons (Fsp3) is 0.0333. The molecule has 8 nitrogen and oxygen atoms in total. The predicted octanol–water partition coefficient (Wildman–Crippen LogP) is 4.28. The largest absolute Gasteiger partial charge is 0.871 e. The fourth-order valence-electron chi connectivity index (χ4n) is 5.04. The van der Waals surface area contributed by atoms with Gasteiger partial charge in [0.05, 0.1) is 14.7 Å². The Balaban J connectivity index is 1.36. The summed E-state index contributed by atoms with van der Waals surface area (Å²) < 4.78 is 53.3. The maximum Gasteiger partial charge on any atom is 0.211 e. The van der Waals surface area contributed by atoms with Gasteiger partial charge in [0, 0.05) is 16.3 Å². The topological polar surface area (TPSA) is 149 Å². The van der Waals surface area contributed by atoms with E-state index < -0.39 is 41.0 Å². The highest BCUT2D eigenvalue weighted by Crippen LogP contribution is 2.42. The highest BCUT2D eigenvalue weighted by atomic mass is 32.2. The quantitative estimate of drug-likeness (QED) is 0.273. The molecule has 10 heteroatoms. The second-order valence-electron chi connectivity index (χ2n) is 9.50. The number of sulfone groups is 2. The summed E-state index contributed by atoms with van der Waals surface area (Å²) in [5.74, 6) is -1.42. The van der Waals surface area contributed by atoms with Crippen LogP contribution < -0.4 is 5.11 Å². The molecular formula is C30H19O8S2-. The Labute approximate surface area is 229 Å². The van der Waals surface area contributed by atoms with E-state index in [9.17, 15) is 36.9 Å². The first-order chi connectivity index (χ1) is 18.9. The molecule has 0 saturated carbocycles. The lowest BCUT2D eigenvalue weighted by atomic mass is 10.0. The molecule has 4 aromatic carbocycles. The number of aromatic hydroxyl groups is 2. The molecule has 6 rings (SSSR count). The van der Waals surface area contributed by atoms with Gasteiger partial charge in [0.2, 0.25) is 25.5 Å². The predicted molar refractivity (Wildman–Crippen MR) is 148 cm³/mol. The lowest BCUT2D eigenvalue weighted by molar-refractivity contribution is -0.244. The van der Waals surface area contributed by atoms with Crippen molar-refractivity contribution in [1.29, 1.82) is 0 Å². The third kappa shape index (κ3) is 3.68. The van der Waals surface area contributed by atoms with E-state index in [2.05, 4.69) is 0 Å². The highest BCUT2D eigenvalue weighted by molar-refractivity contribution is 7.97. The molecule has 40 heavy (non-hydrogen) atoms.